The molecule has 4 nitrogen and oxygen atoms in total. The van der Waals surface area contributed by atoms with Gasteiger partial charge in [-0.3, -0.25) is 4.79 Å². The number of benzene rings is 2. The van der Waals surface area contributed by atoms with Gasteiger partial charge in [0.2, 0.25) is 5.91 Å². The Morgan fingerprint density at radius 1 is 1.10 bits per heavy atom. The Morgan fingerprint density at radius 3 is 2.38 bits per heavy atom. The second-order valence-electron chi connectivity index (χ2n) is 6.41. The van der Waals surface area contributed by atoms with Crippen LogP contribution in [0.25, 0.3) is 11.1 Å². The third-order valence-corrected chi connectivity index (χ3v) is 5.69. The maximum Gasteiger partial charge on any atom is 0.341 e. The van der Waals surface area contributed by atoms with Gasteiger partial charge in [0.15, 0.2) is 0 Å². The highest BCUT2D eigenvalue weighted by Crippen LogP contribution is 2.40. The molecule has 2 aromatic carbocycles. The quantitative estimate of drug-likeness (QED) is 0.496. The number of anilines is 1. The van der Waals surface area contributed by atoms with E-state index in [4.69, 9.17) is 16.3 Å². The van der Waals surface area contributed by atoms with Crippen LogP contribution in [-0.2, 0) is 16.0 Å². The highest BCUT2D eigenvalue weighted by atomic mass is 35.5. The first-order valence-corrected chi connectivity index (χ1v) is 10.1. The van der Waals surface area contributed by atoms with Crippen LogP contribution in [-0.4, -0.2) is 19.0 Å². The van der Waals surface area contributed by atoms with Crippen LogP contribution in [0.4, 0.5) is 9.39 Å². The fourth-order valence-corrected chi connectivity index (χ4v) is 4.20. The van der Waals surface area contributed by atoms with Gasteiger partial charge >= 0.3 is 5.97 Å². The summed E-state index contributed by atoms with van der Waals surface area (Å²) in [6.45, 7) is 1.85. The molecule has 0 bridgehead atoms. The van der Waals surface area contributed by atoms with Crippen molar-refractivity contribution in [2.45, 2.75) is 19.8 Å². The lowest BCUT2D eigenvalue weighted by Crippen LogP contribution is -2.14. The number of carbonyl (C=O) groups is 2. The molecule has 3 rings (SSSR count). The standard InChI is InChI=1S/C22H19ClFNO3S/c1-13-19(15-6-10-17(24)11-7-15)20(22(27)28-2)21(29-13)25-18(26)12-5-14-3-8-16(23)9-4-14/h3-4,6-11H,5,12H2,1-2H3,(H,25,26). The summed E-state index contributed by atoms with van der Waals surface area (Å²) in [6, 6.07) is 13.2. The number of thiophene rings is 1. The van der Waals surface area contributed by atoms with Gasteiger partial charge in [-0.25, -0.2) is 9.18 Å². The van der Waals surface area contributed by atoms with Crippen molar-refractivity contribution < 1.29 is 18.7 Å². The van der Waals surface area contributed by atoms with E-state index in [1.165, 1.54) is 30.6 Å². The van der Waals surface area contributed by atoms with Gasteiger partial charge in [-0.15, -0.1) is 11.3 Å². The molecule has 29 heavy (non-hydrogen) atoms. The number of halogens is 2. The Morgan fingerprint density at radius 2 is 1.76 bits per heavy atom. The van der Waals surface area contributed by atoms with Gasteiger partial charge in [-0.05, 0) is 48.7 Å². The Labute approximate surface area is 177 Å². The summed E-state index contributed by atoms with van der Waals surface area (Å²) in [4.78, 5) is 25.8. The van der Waals surface area contributed by atoms with E-state index in [2.05, 4.69) is 5.32 Å². The van der Waals surface area contributed by atoms with E-state index in [9.17, 15) is 14.0 Å². The first-order chi connectivity index (χ1) is 13.9. The molecule has 1 amide bonds. The molecule has 0 saturated heterocycles. The Bertz CT molecular complexity index is 1030. The maximum atomic E-state index is 13.3. The summed E-state index contributed by atoms with van der Waals surface area (Å²) in [5.74, 6) is -1.13. The lowest BCUT2D eigenvalue weighted by molar-refractivity contribution is -0.116. The predicted octanol–water partition coefficient (Wildman–Crippen LogP) is 5.87. The maximum absolute atomic E-state index is 13.3. The summed E-state index contributed by atoms with van der Waals surface area (Å²) in [7, 11) is 1.29. The minimum Gasteiger partial charge on any atom is -0.465 e. The molecule has 150 valence electrons. The molecule has 0 aliphatic carbocycles. The number of carbonyl (C=O) groups excluding carboxylic acids is 2. The fourth-order valence-electron chi connectivity index (χ4n) is 2.99. The highest BCUT2D eigenvalue weighted by molar-refractivity contribution is 7.17. The first kappa shape index (κ1) is 21.0. The largest absolute Gasteiger partial charge is 0.465 e. The number of rotatable bonds is 6. The average Bonchev–Trinajstić information content (AvgIpc) is 3.03. The van der Waals surface area contributed by atoms with Crippen molar-refractivity contribution in [3.8, 4) is 11.1 Å². The van der Waals surface area contributed by atoms with Crippen molar-refractivity contribution in [1.82, 2.24) is 0 Å². The van der Waals surface area contributed by atoms with Crippen LogP contribution in [0.15, 0.2) is 48.5 Å². The van der Waals surface area contributed by atoms with Crippen molar-refractivity contribution in [1.29, 1.82) is 0 Å². The average molecular weight is 432 g/mol. The molecule has 7 heteroatoms. The predicted molar refractivity (Wildman–Crippen MR) is 114 cm³/mol. The van der Waals surface area contributed by atoms with E-state index in [-0.39, 0.29) is 23.7 Å². The third kappa shape index (κ3) is 5.02. The highest BCUT2D eigenvalue weighted by Gasteiger charge is 2.25. The first-order valence-electron chi connectivity index (χ1n) is 8.91. The zero-order valence-electron chi connectivity index (χ0n) is 15.9. The van der Waals surface area contributed by atoms with Gasteiger partial charge in [-0.2, -0.15) is 0 Å². The molecule has 0 fully saturated rings. The zero-order valence-corrected chi connectivity index (χ0v) is 17.5. The molecule has 0 saturated carbocycles. The zero-order chi connectivity index (χ0) is 21.0. The number of hydrogen-bond donors (Lipinski definition) is 1. The van der Waals surface area contributed by atoms with E-state index in [1.807, 2.05) is 19.1 Å². The van der Waals surface area contributed by atoms with Crippen LogP contribution < -0.4 is 5.32 Å². The molecule has 0 spiro atoms. The summed E-state index contributed by atoms with van der Waals surface area (Å²) in [5, 5.41) is 3.90. The smallest absolute Gasteiger partial charge is 0.341 e. The lowest BCUT2D eigenvalue weighted by atomic mass is 10.0. The Kier molecular flexibility index (Phi) is 6.67. The minimum atomic E-state index is -0.554. The van der Waals surface area contributed by atoms with E-state index < -0.39 is 5.97 Å². The van der Waals surface area contributed by atoms with Gasteiger partial charge < -0.3 is 10.1 Å². The van der Waals surface area contributed by atoms with E-state index in [0.717, 1.165) is 10.4 Å². The summed E-state index contributed by atoms with van der Waals surface area (Å²) < 4.78 is 18.2. The van der Waals surface area contributed by atoms with Crippen LogP contribution in [0.2, 0.25) is 5.02 Å². The minimum absolute atomic E-state index is 0.211. The van der Waals surface area contributed by atoms with Crippen LogP contribution >= 0.6 is 22.9 Å². The number of ether oxygens (including phenoxy) is 1. The van der Waals surface area contributed by atoms with Crippen LogP contribution in [0.3, 0.4) is 0 Å². The molecule has 3 aromatic rings. The van der Waals surface area contributed by atoms with E-state index in [0.29, 0.717) is 27.6 Å². The monoisotopic (exact) mass is 431 g/mol. The van der Waals surface area contributed by atoms with Crippen molar-refractivity contribution in [3.63, 3.8) is 0 Å². The molecule has 1 aromatic heterocycles. The van der Waals surface area contributed by atoms with Crippen LogP contribution in [0, 0.1) is 12.7 Å². The molecular weight excluding hydrogens is 413 g/mol. The Balaban J connectivity index is 1.83. The van der Waals surface area contributed by atoms with E-state index in [1.54, 1.807) is 24.3 Å². The van der Waals surface area contributed by atoms with Crippen molar-refractivity contribution in [3.05, 3.63) is 75.4 Å². The van der Waals surface area contributed by atoms with Gasteiger partial charge in [0, 0.05) is 21.9 Å². The number of esters is 1. The van der Waals surface area contributed by atoms with Gasteiger partial charge in [-0.1, -0.05) is 35.9 Å². The topological polar surface area (TPSA) is 55.4 Å². The number of amides is 1. The second kappa shape index (κ2) is 9.20. The summed E-state index contributed by atoms with van der Waals surface area (Å²) in [6.07, 6.45) is 0.802. The van der Waals surface area contributed by atoms with Crippen LogP contribution in [0.1, 0.15) is 27.2 Å². The van der Waals surface area contributed by atoms with Crippen molar-refractivity contribution in [2.75, 3.05) is 12.4 Å². The molecule has 1 heterocycles. The molecular formula is C22H19ClFNO3S. The SMILES string of the molecule is COC(=O)c1c(NC(=O)CCc2ccc(Cl)cc2)sc(C)c1-c1ccc(F)cc1. The van der Waals surface area contributed by atoms with Gasteiger partial charge in [0.05, 0.1) is 7.11 Å². The summed E-state index contributed by atoms with van der Waals surface area (Å²) in [5.41, 5.74) is 2.59. The number of nitrogens with one attached hydrogen (secondary N) is 1. The van der Waals surface area contributed by atoms with Crippen molar-refractivity contribution in [2.24, 2.45) is 0 Å². The molecule has 0 unspecified atom stereocenters. The number of aryl methyl sites for hydroxylation is 2. The van der Waals surface area contributed by atoms with Gasteiger partial charge in [0.25, 0.3) is 0 Å². The molecule has 1 N–H and O–H groups in total. The number of hydrogen-bond acceptors (Lipinski definition) is 4. The molecule has 0 atom stereocenters. The molecule has 0 radical (unpaired) electrons. The third-order valence-electron chi connectivity index (χ3n) is 4.41. The normalized spacial score (nSPS) is 10.6. The summed E-state index contributed by atoms with van der Waals surface area (Å²) >= 11 is 7.17. The van der Waals surface area contributed by atoms with Crippen LogP contribution in [0.5, 0.6) is 0 Å². The van der Waals surface area contributed by atoms with Gasteiger partial charge in [0.1, 0.15) is 16.4 Å². The van der Waals surface area contributed by atoms with E-state index >= 15 is 0 Å². The van der Waals surface area contributed by atoms with Crippen molar-refractivity contribution >= 4 is 39.8 Å². The lowest BCUT2D eigenvalue weighted by Gasteiger charge is -2.08. The second-order valence-corrected chi connectivity index (χ2v) is 8.07. The molecule has 0 aliphatic rings. The Hall–Kier alpha value is -2.70. The fraction of sp³-hybridized carbons (Fsp3) is 0.182. The number of methoxy groups -OCH3 is 1. The molecule has 0 aliphatic heterocycles.